The van der Waals surface area contributed by atoms with Crippen molar-refractivity contribution in [2.24, 2.45) is 0 Å². The Morgan fingerprint density at radius 3 is 2.57 bits per heavy atom. The standard InChI is InChI=1S/C18H26N2O7S/c21-12-11-19(10-8-17(22)23)28(25,26)14-16-7-4-9-20(16)18(24)27-13-15-5-2-1-3-6-15/h1-3,5-6,16,21H,4,7-14H2,(H,22,23). The van der Waals surface area contributed by atoms with Crippen LogP contribution in [0.1, 0.15) is 24.8 Å². The number of rotatable bonds is 10. The second-order valence-corrected chi connectivity index (χ2v) is 8.59. The molecule has 1 fully saturated rings. The van der Waals surface area contributed by atoms with E-state index in [-0.39, 0.29) is 31.9 Å². The molecule has 0 spiro atoms. The molecule has 156 valence electrons. The number of benzene rings is 1. The zero-order chi connectivity index (χ0) is 20.6. The maximum atomic E-state index is 12.7. The predicted molar refractivity (Wildman–Crippen MR) is 101 cm³/mol. The van der Waals surface area contributed by atoms with Gasteiger partial charge in [0.25, 0.3) is 0 Å². The van der Waals surface area contributed by atoms with E-state index in [9.17, 15) is 18.0 Å². The van der Waals surface area contributed by atoms with E-state index in [1.165, 1.54) is 4.90 Å². The maximum Gasteiger partial charge on any atom is 0.410 e. The Morgan fingerprint density at radius 2 is 1.93 bits per heavy atom. The minimum Gasteiger partial charge on any atom is -0.481 e. The number of aliphatic carboxylic acids is 1. The van der Waals surface area contributed by atoms with Gasteiger partial charge in [-0.15, -0.1) is 0 Å². The molecule has 0 aromatic heterocycles. The first-order chi connectivity index (χ1) is 13.3. The SMILES string of the molecule is O=C(O)CCN(CCO)S(=O)(=O)CC1CCCN1C(=O)OCc1ccccc1. The summed E-state index contributed by atoms with van der Waals surface area (Å²) in [5.41, 5.74) is 0.835. The average Bonchev–Trinajstić information content (AvgIpc) is 3.11. The molecule has 1 amide bonds. The van der Waals surface area contributed by atoms with Crippen LogP contribution in [-0.2, 0) is 26.2 Å². The van der Waals surface area contributed by atoms with E-state index in [1.54, 1.807) is 0 Å². The largest absolute Gasteiger partial charge is 0.481 e. The molecule has 2 N–H and O–H groups in total. The van der Waals surface area contributed by atoms with Crippen LogP contribution in [0.4, 0.5) is 4.79 Å². The summed E-state index contributed by atoms with van der Waals surface area (Å²) < 4.78 is 31.6. The van der Waals surface area contributed by atoms with Gasteiger partial charge in [0, 0.05) is 19.6 Å². The Labute approximate surface area is 164 Å². The lowest BCUT2D eigenvalue weighted by Gasteiger charge is -2.27. The molecule has 1 atom stereocenters. The van der Waals surface area contributed by atoms with E-state index >= 15 is 0 Å². The van der Waals surface area contributed by atoms with Gasteiger partial charge in [-0.2, -0.15) is 4.31 Å². The third kappa shape index (κ3) is 6.47. The zero-order valence-corrected chi connectivity index (χ0v) is 16.4. The first-order valence-electron chi connectivity index (χ1n) is 9.11. The zero-order valence-electron chi connectivity index (χ0n) is 15.6. The van der Waals surface area contributed by atoms with Crippen molar-refractivity contribution < 1.29 is 33.0 Å². The van der Waals surface area contributed by atoms with Crippen LogP contribution in [0.25, 0.3) is 0 Å². The molecule has 2 rings (SSSR count). The van der Waals surface area contributed by atoms with Crippen molar-refractivity contribution in [2.75, 3.05) is 32.0 Å². The number of nitrogens with zero attached hydrogens (tertiary/aromatic N) is 2. The molecule has 1 unspecified atom stereocenters. The third-order valence-corrected chi connectivity index (χ3v) is 6.50. The Hall–Kier alpha value is -2.17. The van der Waals surface area contributed by atoms with Crippen molar-refractivity contribution in [3.05, 3.63) is 35.9 Å². The van der Waals surface area contributed by atoms with Crippen molar-refractivity contribution in [2.45, 2.75) is 31.9 Å². The molecule has 1 aliphatic heterocycles. The maximum absolute atomic E-state index is 12.7. The summed E-state index contributed by atoms with van der Waals surface area (Å²) in [5, 5.41) is 17.9. The molecule has 1 aromatic carbocycles. The molecule has 1 heterocycles. The molecule has 28 heavy (non-hydrogen) atoms. The molecule has 0 saturated carbocycles. The van der Waals surface area contributed by atoms with Gasteiger partial charge in [0.2, 0.25) is 10.0 Å². The number of hydrogen-bond donors (Lipinski definition) is 2. The van der Waals surface area contributed by atoms with Gasteiger partial charge in [-0.05, 0) is 18.4 Å². The van der Waals surface area contributed by atoms with Gasteiger partial charge in [-0.1, -0.05) is 30.3 Å². The smallest absolute Gasteiger partial charge is 0.410 e. The summed E-state index contributed by atoms with van der Waals surface area (Å²) in [4.78, 5) is 24.6. The number of carbonyl (C=O) groups is 2. The van der Waals surface area contributed by atoms with Gasteiger partial charge < -0.3 is 19.8 Å². The molecular weight excluding hydrogens is 388 g/mol. The van der Waals surface area contributed by atoms with Gasteiger partial charge in [0.05, 0.1) is 24.8 Å². The molecule has 1 aliphatic rings. The molecule has 0 bridgehead atoms. The van der Waals surface area contributed by atoms with Crippen LogP contribution in [-0.4, -0.2) is 77.9 Å². The number of hydrogen-bond acceptors (Lipinski definition) is 6. The fourth-order valence-electron chi connectivity index (χ4n) is 3.12. The first-order valence-corrected chi connectivity index (χ1v) is 10.7. The van der Waals surface area contributed by atoms with Crippen LogP contribution in [0.5, 0.6) is 0 Å². The highest BCUT2D eigenvalue weighted by Gasteiger charge is 2.35. The van der Waals surface area contributed by atoms with E-state index in [1.807, 2.05) is 30.3 Å². The van der Waals surface area contributed by atoms with Gasteiger partial charge in [0.15, 0.2) is 0 Å². The number of carboxylic acid groups (broad SMARTS) is 1. The highest BCUT2D eigenvalue weighted by Crippen LogP contribution is 2.21. The Morgan fingerprint density at radius 1 is 1.21 bits per heavy atom. The quantitative estimate of drug-likeness (QED) is 0.582. The molecule has 9 nitrogen and oxygen atoms in total. The van der Waals surface area contributed by atoms with Crippen LogP contribution >= 0.6 is 0 Å². The molecule has 0 aliphatic carbocycles. The van der Waals surface area contributed by atoms with Crippen LogP contribution in [0.3, 0.4) is 0 Å². The number of sulfonamides is 1. The number of ether oxygens (including phenoxy) is 1. The van der Waals surface area contributed by atoms with Crippen molar-refractivity contribution in [1.29, 1.82) is 0 Å². The number of carboxylic acids is 1. The number of likely N-dealkylation sites (tertiary alicyclic amines) is 1. The summed E-state index contributed by atoms with van der Waals surface area (Å²) in [6.45, 7) is -0.301. The fraction of sp³-hybridized carbons (Fsp3) is 0.556. The molecule has 10 heteroatoms. The van der Waals surface area contributed by atoms with Crippen molar-refractivity contribution in [1.82, 2.24) is 9.21 Å². The van der Waals surface area contributed by atoms with E-state index in [2.05, 4.69) is 0 Å². The van der Waals surface area contributed by atoms with E-state index in [0.29, 0.717) is 19.4 Å². The van der Waals surface area contributed by atoms with Gasteiger partial charge in [-0.3, -0.25) is 4.79 Å². The summed E-state index contributed by atoms with van der Waals surface area (Å²) >= 11 is 0. The second-order valence-electron chi connectivity index (χ2n) is 6.57. The van der Waals surface area contributed by atoms with Gasteiger partial charge in [0.1, 0.15) is 6.61 Å². The monoisotopic (exact) mass is 414 g/mol. The Bertz CT molecular complexity index is 754. The first kappa shape index (κ1) is 22.1. The topological polar surface area (TPSA) is 124 Å². The minimum atomic E-state index is -3.84. The minimum absolute atomic E-state index is 0.102. The highest BCUT2D eigenvalue weighted by atomic mass is 32.2. The van der Waals surface area contributed by atoms with E-state index < -0.39 is 34.7 Å². The summed E-state index contributed by atoms with van der Waals surface area (Å²) in [6, 6.07) is 8.64. The van der Waals surface area contributed by atoms with Crippen LogP contribution in [0, 0.1) is 0 Å². The lowest BCUT2D eigenvalue weighted by Crippen LogP contribution is -2.45. The molecule has 1 saturated heterocycles. The normalized spacial score (nSPS) is 17.1. The lowest BCUT2D eigenvalue weighted by molar-refractivity contribution is -0.137. The number of carbonyl (C=O) groups excluding carboxylic acids is 1. The van der Waals surface area contributed by atoms with Crippen LogP contribution < -0.4 is 0 Å². The molecule has 0 radical (unpaired) electrons. The number of amides is 1. The summed E-state index contributed by atoms with van der Waals surface area (Å²) in [7, 11) is -3.84. The molecule has 1 aromatic rings. The Kier molecular flexibility index (Phi) is 8.21. The van der Waals surface area contributed by atoms with E-state index in [0.717, 1.165) is 9.87 Å². The summed E-state index contributed by atoms with van der Waals surface area (Å²) in [6.07, 6.45) is 0.259. The van der Waals surface area contributed by atoms with Crippen molar-refractivity contribution in [3.63, 3.8) is 0 Å². The van der Waals surface area contributed by atoms with Crippen LogP contribution in [0.2, 0.25) is 0 Å². The lowest BCUT2D eigenvalue weighted by atomic mass is 10.2. The summed E-state index contributed by atoms with van der Waals surface area (Å²) in [5.74, 6) is -1.45. The van der Waals surface area contributed by atoms with E-state index in [4.69, 9.17) is 14.9 Å². The predicted octanol–water partition coefficient (Wildman–Crippen LogP) is 0.886. The Balaban J connectivity index is 1.98. The average molecular weight is 414 g/mol. The fourth-order valence-corrected chi connectivity index (χ4v) is 4.89. The third-order valence-electron chi connectivity index (χ3n) is 4.54. The van der Waals surface area contributed by atoms with Crippen molar-refractivity contribution in [3.8, 4) is 0 Å². The van der Waals surface area contributed by atoms with Gasteiger partial charge >= 0.3 is 12.1 Å². The van der Waals surface area contributed by atoms with Gasteiger partial charge in [-0.25, -0.2) is 13.2 Å². The number of aliphatic hydroxyl groups excluding tert-OH is 1. The highest BCUT2D eigenvalue weighted by molar-refractivity contribution is 7.89. The van der Waals surface area contributed by atoms with Crippen molar-refractivity contribution >= 4 is 22.1 Å². The second kappa shape index (κ2) is 10.4. The number of aliphatic hydroxyl groups is 1. The molecular formula is C18H26N2O7S. The van der Waals surface area contributed by atoms with Crippen LogP contribution in [0.15, 0.2) is 30.3 Å².